The van der Waals surface area contributed by atoms with Crippen LogP contribution in [-0.2, 0) is 4.74 Å². The normalized spacial score (nSPS) is 12.9. The van der Waals surface area contributed by atoms with Crippen molar-refractivity contribution in [3.05, 3.63) is 12.3 Å². The maximum atomic E-state index is 5.35. The van der Waals surface area contributed by atoms with Crippen LogP contribution in [0.1, 0.15) is 6.92 Å². The van der Waals surface area contributed by atoms with Crippen molar-refractivity contribution in [2.45, 2.75) is 13.0 Å². The number of aromatic amines is 1. The van der Waals surface area contributed by atoms with Gasteiger partial charge in [-0.15, -0.1) is 0 Å². The number of aromatic nitrogens is 2. The van der Waals surface area contributed by atoms with Gasteiger partial charge in [0.05, 0.1) is 12.8 Å². The first-order valence-electron chi connectivity index (χ1n) is 3.48. The third-order valence-electron chi connectivity index (χ3n) is 1.20. The molecule has 1 aromatic heterocycles. The van der Waals surface area contributed by atoms with Gasteiger partial charge in [-0.2, -0.15) is 5.10 Å². The van der Waals surface area contributed by atoms with Crippen LogP contribution in [-0.4, -0.2) is 30.0 Å². The van der Waals surface area contributed by atoms with E-state index in [1.807, 2.05) is 6.92 Å². The molecule has 0 fully saturated rings. The van der Waals surface area contributed by atoms with Gasteiger partial charge in [-0.1, -0.05) is 0 Å². The average Bonchev–Trinajstić information content (AvgIpc) is 2.40. The monoisotopic (exact) mass is 156 g/mol. The zero-order chi connectivity index (χ0) is 8.10. The Labute approximate surface area is 65.5 Å². The third-order valence-corrected chi connectivity index (χ3v) is 1.20. The van der Waals surface area contributed by atoms with Gasteiger partial charge in [-0.05, 0) is 6.92 Å². The van der Waals surface area contributed by atoms with E-state index in [2.05, 4.69) is 10.2 Å². The maximum absolute atomic E-state index is 5.35. The number of hydrogen-bond donors (Lipinski definition) is 1. The molecule has 4 nitrogen and oxygen atoms in total. The standard InChI is InChI=1S/C7H12N2O2/c1-6(5-10-2)11-7-3-4-8-9-7/h3-4,6H,5H2,1-2H3,(H,8,9). The Balaban J connectivity index is 2.31. The van der Waals surface area contributed by atoms with Crippen molar-refractivity contribution < 1.29 is 9.47 Å². The molecular weight excluding hydrogens is 144 g/mol. The molecule has 0 saturated heterocycles. The van der Waals surface area contributed by atoms with Gasteiger partial charge in [0.1, 0.15) is 6.10 Å². The van der Waals surface area contributed by atoms with Gasteiger partial charge in [-0.3, -0.25) is 0 Å². The van der Waals surface area contributed by atoms with Crippen LogP contribution < -0.4 is 4.74 Å². The topological polar surface area (TPSA) is 47.1 Å². The second kappa shape index (κ2) is 3.98. The number of ether oxygens (including phenoxy) is 2. The number of nitrogens with zero attached hydrogens (tertiary/aromatic N) is 1. The fourth-order valence-corrected chi connectivity index (χ4v) is 0.794. The van der Waals surface area contributed by atoms with Crippen LogP contribution in [0.3, 0.4) is 0 Å². The maximum Gasteiger partial charge on any atom is 0.209 e. The highest BCUT2D eigenvalue weighted by atomic mass is 16.5. The van der Waals surface area contributed by atoms with E-state index in [0.29, 0.717) is 12.5 Å². The van der Waals surface area contributed by atoms with Gasteiger partial charge in [0.2, 0.25) is 5.88 Å². The summed E-state index contributed by atoms with van der Waals surface area (Å²) in [6.45, 7) is 2.52. The van der Waals surface area contributed by atoms with E-state index in [1.165, 1.54) is 0 Å². The minimum Gasteiger partial charge on any atom is -0.472 e. The van der Waals surface area contributed by atoms with Gasteiger partial charge in [0.15, 0.2) is 0 Å². The molecule has 62 valence electrons. The van der Waals surface area contributed by atoms with Crippen LogP contribution in [0.4, 0.5) is 0 Å². The Hall–Kier alpha value is -1.03. The zero-order valence-electron chi connectivity index (χ0n) is 6.70. The van der Waals surface area contributed by atoms with Crippen LogP contribution >= 0.6 is 0 Å². The van der Waals surface area contributed by atoms with Gasteiger partial charge in [0.25, 0.3) is 0 Å². The molecule has 0 spiro atoms. The Bertz CT molecular complexity index is 186. The lowest BCUT2D eigenvalue weighted by molar-refractivity contribution is 0.0889. The van der Waals surface area contributed by atoms with Crippen LogP contribution in [0.5, 0.6) is 5.88 Å². The second-order valence-corrected chi connectivity index (χ2v) is 2.30. The largest absolute Gasteiger partial charge is 0.472 e. The van der Waals surface area contributed by atoms with E-state index >= 15 is 0 Å². The lowest BCUT2D eigenvalue weighted by Gasteiger charge is -2.10. The summed E-state index contributed by atoms with van der Waals surface area (Å²) < 4.78 is 10.2. The highest BCUT2D eigenvalue weighted by molar-refractivity contribution is 5.04. The fourth-order valence-electron chi connectivity index (χ4n) is 0.794. The number of methoxy groups -OCH3 is 1. The van der Waals surface area contributed by atoms with Crippen molar-refractivity contribution >= 4 is 0 Å². The molecular formula is C7H12N2O2. The number of nitrogens with one attached hydrogen (secondary N) is 1. The predicted octanol–water partition coefficient (Wildman–Crippen LogP) is 0.823. The summed E-state index contributed by atoms with van der Waals surface area (Å²) in [7, 11) is 1.65. The smallest absolute Gasteiger partial charge is 0.209 e. The van der Waals surface area contributed by atoms with Crippen molar-refractivity contribution in [2.75, 3.05) is 13.7 Å². The van der Waals surface area contributed by atoms with Crippen LogP contribution in [0.2, 0.25) is 0 Å². The zero-order valence-corrected chi connectivity index (χ0v) is 6.70. The van der Waals surface area contributed by atoms with Gasteiger partial charge < -0.3 is 9.47 Å². The second-order valence-electron chi connectivity index (χ2n) is 2.30. The first-order chi connectivity index (χ1) is 5.33. The van der Waals surface area contributed by atoms with E-state index < -0.39 is 0 Å². The Morgan fingerprint density at radius 1 is 1.73 bits per heavy atom. The summed E-state index contributed by atoms with van der Waals surface area (Å²) in [5.41, 5.74) is 0. The summed E-state index contributed by atoms with van der Waals surface area (Å²) >= 11 is 0. The van der Waals surface area contributed by atoms with Gasteiger partial charge in [0, 0.05) is 13.2 Å². The minimum atomic E-state index is 0.0560. The van der Waals surface area contributed by atoms with Gasteiger partial charge in [-0.25, -0.2) is 5.10 Å². The molecule has 0 saturated carbocycles. The minimum absolute atomic E-state index is 0.0560. The van der Waals surface area contributed by atoms with E-state index in [9.17, 15) is 0 Å². The third kappa shape index (κ3) is 2.59. The van der Waals surface area contributed by atoms with E-state index in [-0.39, 0.29) is 6.10 Å². The summed E-state index contributed by atoms with van der Waals surface area (Å²) in [5.74, 6) is 0.676. The molecule has 1 unspecified atom stereocenters. The fraction of sp³-hybridized carbons (Fsp3) is 0.571. The summed E-state index contributed by atoms with van der Waals surface area (Å²) in [6.07, 6.45) is 1.70. The molecule has 0 bridgehead atoms. The molecule has 0 aliphatic heterocycles. The molecule has 1 N–H and O–H groups in total. The first kappa shape index (κ1) is 8.07. The Morgan fingerprint density at radius 3 is 3.09 bits per heavy atom. The Kier molecular flexibility index (Phi) is 2.92. The first-order valence-corrected chi connectivity index (χ1v) is 3.48. The van der Waals surface area contributed by atoms with Crippen molar-refractivity contribution in [1.29, 1.82) is 0 Å². The van der Waals surface area contributed by atoms with E-state index in [1.54, 1.807) is 19.4 Å². The van der Waals surface area contributed by atoms with Gasteiger partial charge >= 0.3 is 0 Å². The molecule has 1 aromatic rings. The van der Waals surface area contributed by atoms with Crippen LogP contribution in [0.25, 0.3) is 0 Å². The molecule has 4 heteroatoms. The SMILES string of the molecule is COCC(C)Oc1ccn[nH]1. The summed E-state index contributed by atoms with van der Waals surface area (Å²) in [4.78, 5) is 0. The summed E-state index contributed by atoms with van der Waals surface area (Å²) in [5, 5.41) is 6.44. The summed E-state index contributed by atoms with van der Waals surface area (Å²) in [6, 6.07) is 1.77. The van der Waals surface area contributed by atoms with Crippen molar-refractivity contribution in [2.24, 2.45) is 0 Å². The van der Waals surface area contributed by atoms with Crippen molar-refractivity contribution in [3.8, 4) is 5.88 Å². The van der Waals surface area contributed by atoms with Crippen LogP contribution in [0, 0.1) is 0 Å². The number of rotatable bonds is 4. The molecule has 0 radical (unpaired) electrons. The molecule has 1 atom stereocenters. The molecule has 11 heavy (non-hydrogen) atoms. The van der Waals surface area contributed by atoms with Crippen LogP contribution in [0.15, 0.2) is 12.3 Å². The molecule has 0 amide bonds. The highest BCUT2D eigenvalue weighted by Crippen LogP contribution is 2.05. The average molecular weight is 156 g/mol. The number of H-pyrrole nitrogens is 1. The lowest BCUT2D eigenvalue weighted by atomic mass is 10.4. The lowest BCUT2D eigenvalue weighted by Crippen LogP contribution is -2.18. The van der Waals surface area contributed by atoms with Crippen molar-refractivity contribution in [1.82, 2.24) is 10.2 Å². The molecule has 1 heterocycles. The van der Waals surface area contributed by atoms with E-state index in [0.717, 1.165) is 0 Å². The molecule has 0 aliphatic carbocycles. The van der Waals surface area contributed by atoms with E-state index in [4.69, 9.17) is 9.47 Å². The number of hydrogen-bond acceptors (Lipinski definition) is 3. The quantitative estimate of drug-likeness (QED) is 0.702. The molecule has 0 aliphatic rings. The molecule has 0 aromatic carbocycles. The Morgan fingerprint density at radius 2 is 2.55 bits per heavy atom. The predicted molar refractivity (Wildman–Crippen MR) is 40.6 cm³/mol. The highest BCUT2D eigenvalue weighted by Gasteiger charge is 2.02. The molecule has 1 rings (SSSR count). The van der Waals surface area contributed by atoms with Crippen molar-refractivity contribution in [3.63, 3.8) is 0 Å².